The number of nitrogens with one attached hydrogen (secondary N) is 1. The molecule has 2 amide bonds. The Morgan fingerprint density at radius 3 is 2.67 bits per heavy atom. The van der Waals surface area contributed by atoms with E-state index in [1.54, 1.807) is 11.1 Å². The molecule has 2 aromatic heterocycles. The number of benzene rings is 2. The largest absolute Gasteiger partial charge is 0.326 e. The summed E-state index contributed by atoms with van der Waals surface area (Å²) in [6.45, 7) is 6.40. The third-order valence-electron chi connectivity index (χ3n) is 6.32. The predicted octanol–water partition coefficient (Wildman–Crippen LogP) is 4.31. The summed E-state index contributed by atoms with van der Waals surface area (Å²) >= 11 is 0. The van der Waals surface area contributed by atoms with Crippen LogP contribution in [0.5, 0.6) is 0 Å². The van der Waals surface area contributed by atoms with Crippen LogP contribution in [0.4, 0.5) is 11.4 Å². The molecule has 1 fully saturated rings. The Labute approximate surface area is 192 Å². The number of aromatic nitrogens is 3. The molecule has 4 aromatic rings. The van der Waals surface area contributed by atoms with Gasteiger partial charge in [-0.2, -0.15) is 0 Å². The highest BCUT2D eigenvalue weighted by atomic mass is 16.2. The molecule has 7 heteroatoms. The van der Waals surface area contributed by atoms with Gasteiger partial charge in [-0.1, -0.05) is 18.2 Å². The number of hydrogen-bond donors (Lipinski definition) is 1. The van der Waals surface area contributed by atoms with Gasteiger partial charge in [-0.05, 0) is 61.7 Å². The van der Waals surface area contributed by atoms with Gasteiger partial charge in [-0.15, -0.1) is 0 Å². The van der Waals surface area contributed by atoms with E-state index in [2.05, 4.69) is 15.3 Å². The second-order valence-electron chi connectivity index (χ2n) is 8.65. The minimum absolute atomic E-state index is 0.0268. The smallest absolute Gasteiger partial charge is 0.234 e. The minimum Gasteiger partial charge on any atom is -0.326 e. The molecule has 1 N–H and O–H groups in total. The average Bonchev–Trinajstić information content (AvgIpc) is 3.41. The topological polar surface area (TPSA) is 79.6 Å². The van der Waals surface area contributed by atoms with Crippen molar-refractivity contribution in [2.75, 3.05) is 16.8 Å². The van der Waals surface area contributed by atoms with E-state index in [-0.39, 0.29) is 18.2 Å². The van der Waals surface area contributed by atoms with Crippen molar-refractivity contribution in [3.05, 3.63) is 77.7 Å². The van der Waals surface area contributed by atoms with Crippen LogP contribution in [-0.2, 0) is 9.59 Å². The zero-order chi connectivity index (χ0) is 23.1. The highest BCUT2D eigenvalue weighted by Gasteiger charge is 2.35. The summed E-state index contributed by atoms with van der Waals surface area (Å²) in [6.07, 6.45) is 5.72. The number of hydrogen-bond acceptors (Lipinski definition) is 4. The van der Waals surface area contributed by atoms with Crippen LogP contribution in [0, 0.1) is 26.7 Å². The number of amides is 2. The van der Waals surface area contributed by atoms with E-state index >= 15 is 0 Å². The molecule has 0 spiro atoms. The fourth-order valence-corrected chi connectivity index (χ4v) is 4.15. The van der Waals surface area contributed by atoms with Crippen LogP contribution < -0.4 is 10.2 Å². The van der Waals surface area contributed by atoms with Crippen LogP contribution in [0.2, 0.25) is 0 Å². The number of aryl methyl sites for hydroxylation is 3. The molecule has 1 atom stereocenters. The first-order valence-electron chi connectivity index (χ1n) is 11.0. The van der Waals surface area contributed by atoms with Crippen molar-refractivity contribution in [3.63, 3.8) is 0 Å². The van der Waals surface area contributed by atoms with Crippen LogP contribution >= 0.6 is 0 Å². The molecular weight excluding hydrogens is 414 g/mol. The number of anilines is 2. The molecule has 0 bridgehead atoms. The van der Waals surface area contributed by atoms with Gasteiger partial charge >= 0.3 is 0 Å². The number of rotatable bonds is 4. The van der Waals surface area contributed by atoms with Crippen LogP contribution in [0.15, 0.2) is 61.1 Å². The Hall–Kier alpha value is -4.00. The van der Waals surface area contributed by atoms with Crippen molar-refractivity contribution in [1.82, 2.24) is 14.4 Å². The number of fused-ring (bicyclic) bond motifs is 1. The van der Waals surface area contributed by atoms with Gasteiger partial charge in [0.25, 0.3) is 0 Å². The standard InChI is InChI=1S/C26H25N5O2/c1-16-6-8-21(11-18(16)3)31-14-20(13-24(31)32)25(33)28-22-12-19(7-5-17(22)2)23-15-30-10-4-9-27-26(30)29-23/h4-12,15,20H,13-14H2,1-3H3,(H,28,33)/t20-/m0/s1. The molecule has 3 heterocycles. The van der Waals surface area contributed by atoms with Gasteiger partial charge in [0.15, 0.2) is 0 Å². The number of carbonyl (C=O) groups excluding carboxylic acids is 2. The highest BCUT2D eigenvalue weighted by Crippen LogP contribution is 2.29. The molecule has 33 heavy (non-hydrogen) atoms. The highest BCUT2D eigenvalue weighted by molar-refractivity contribution is 6.04. The molecule has 5 rings (SSSR count). The van der Waals surface area contributed by atoms with E-state index in [0.29, 0.717) is 12.3 Å². The normalized spacial score (nSPS) is 15.9. The molecule has 1 aliphatic heterocycles. The minimum atomic E-state index is -0.401. The third-order valence-corrected chi connectivity index (χ3v) is 6.32. The Morgan fingerprint density at radius 1 is 1.06 bits per heavy atom. The Kier molecular flexibility index (Phi) is 5.17. The summed E-state index contributed by atoms with van der Waals surface area (Å²) in [5.74, 6) is 0.0452. The van der Waals surface area contributed by atoms with E-state index in [1.165, 1.54) is 5.56 Å². The first-order chi connectivity index (χ1) is 15.9. The second kappa shape index (κ2) is 8.16. The zero-order valence-corrected chi connectivity index (χ0v) is 18.9. The van der Waals surface area contributed by atoms with Crippen molar-refractivity contribution in [2.45, 2.75) is 27.2 Å². The van der Waals surface area contributed by atoms with Crippen LogP contribution in [-0.4, -0.2) is 32.7 Å². The molecule has 166 valence electrons. The lowest BCUT2D eigenvalue weighted by atomic mass is 10.1. The van der Waals surface area contributed by atoms with Gasteiger partial charge in [0, 0.05) is 48.5 Å². The predicted molar refractivity (Wildman–Crippen MR) is 128 cm³/mol. The van der Waals surface area contributed by atoms with Crippen molar-refractivity contribution in [1.29, 1.82) is 0 Å². The summed E-state index contributed by atoms with van der Waals surface area (Å²) in [6, 6.07) is 13.7. The zero-order valence-electron chi connectivity index (χ0n) is 18.9. The average molecular weight is 440 g/mol. The van der Waals surface area contributed by atoms with E-state index in [0.717, 1.165) is 33.8 Å². The maximum Gasteiger partial charge on any atom is 0.234 e. The van der Waals surface area contributed by atoms with Crippen molar-refractivity contribution in [2.24, 2.45) is 5.92 Å². The van der Waals surface area contributed by atoms with E-state index in [4.69, 9.17) is 0 Å². The first kappa shape index (κ1) is 20.9. The van der Waals surface area contributed by atoms with Crippen molar-refractivity contribution >= 4 is 29.0 Å². The fourth-order valence-electron chi connectivity index (χ4n) is 4.15. The molecule has 0 unspecified atom stereocenters. The summed E-state index contributed by atoms with van der Waals surface area (Å²) in [4.78, 5) is 36.3. The Balaban J connectivity index is 1.35. The van der Waals surface area contributed by atoms with Crippen LogP contribution in [0.3, 0.4) is 0 Å². The van der Waals surface area contributed by atoms with Crippen molar-refractivity contribution in [3.8, 4) is 11.3 Å². The van der Waals surface area contributed by atoms with Gasteiger partial charge < -0.3 is 10.2 Å². The molecule has 2 aromatic carbocycles. The molecule has 0 saturated carbocycles. The number of carbonyl (C=O) groups is 2. The quantitative estimate of drug-likeness (QED) is 0.514. The van der Waals surface area contributed by atoms with Gasteiger partial charge in [0.1, 0.15) is 0 Å². The number of imidazole rings is 1. The van der Waals surface area contributed by atoms with E-state index in [1.807, 2.05) is 80.0 Å². The molecule has 7 nitrogen and oxygen atoms in total. The summed E-state index contributed by atoms with van der Waals surface area (Å²) in [5, 5.41) is 3.04. The molecule has 0 aliphatic carbocycles. The summed E-state index contributed by atoms with van der Waals surface area (Å²) in [7, 11) is 0. The lowest BCUT2D eigenvalue weighted by Crippen LogP contribution is -2.28. The monoisotopic (exact) mass is 439 g/mol. The first-order valence-corrected chi connectivity index (χ1v) is 11.0. The lowest BCUT2D eigenvalue weighted by molar-refractivity contribution is -0.122. The maximum atomic E-state index is 13.1. The van der Waals surface area contributed by atoms with Gasteiger partial charge in [-0.3, -0.25) is 14.0 Å². The van der Waals surface area contributed by atoms with Gasteiger partial charge in [0.05, 0.1) is 11.6 Å². The second-order valence-corrected chi connectivity index (χ2v) is 8.65. The van der Waals surface area contributed by atoms with Gasteiger partial charge in [0.2, 0.25) is 17.6 Å². The van der Waals surface area contributed by atoms with E-state index < -0.39 is 5.92 Å². The fraction of sp³-hybridized carbons (Fsp3) is 0.231. The van der Waals surface area contributed by atoms with Crippen LogP contribution in [0.25, 0.3) is 17.0 Å². The molecule has 0 radical (unpaired) electrons. The lowest BCUT2D eigenvalue weighted by Gasteiger charge is -2.18. The molecular formula is C26H25N5O2. The van der Waals surface area contributed by atoms with Gasteiger partial charge in [-0.25, -0.2) is 9.97 Å². The Bertz CT molecular complexity index is 1360. The SMILES string of the molecule is Cc1ccc(N2C[C@@H](C(=O)Nc3cc(-c4cn5cccnc5n4)ccc3C)CC2=O)cc1C. The maximum absolute atomic E-state index is 13.1. The number of nitrogens with zero attached hydrogens (tertiary/aromatic N) is 4. The molecule has 1 saturated heterocycles. The van der Waals surface area contributed by atoms with Crippen molar-refractivity contribution < 1.29 is 9.59 Å². The van der Waals surface area contributed by atoms with Crippen LogP contribution in [0.1, 0.15) is 23.1 Å². The Morgan fingerprint density at radius 2 is 1.88 bits per heavy atom. The summed E-state index contributed by atoms with van der Waals surface area (Å²) < 4.78 is 1.86. The molecule has 1 aliphatic rings. The third kappa shape index (κ3) is 3.98. The van der Waals surface area contributed by atoms with E-state index in [9.17, 15) is 9.59 Å². The summed E-state index contributed by atoms with van der Waals surface area (Å²) in [5.41, 5.74) is 6.49.